The lowest BCUT2D eigenvalue weighted by molar-refractivity contribution is 0.396. The third-order valence-electron chi connectivity index (χ3n) is 1.84. The van der Waals surface area contributed by atoms with Crippen LogP contribution in [0.3, 0.4) is 0 Å². The van der Waals surface area contributed by atoms with Gasteiger partial charge in [-0.25, -0.2) is 4.98 Å². The molecule has 0 unspecified atom stereocenters. The van der Waals surface area contributed by atoms with E-state index in [-0.39, 0.29) is 0 Å². The van der Waals surface area contributed by atoms with Crippen molar-refractivity contribution in [1.29, 1.82) is 0 Å². The summed E-state index contributed by atoms with van der Waals surface area (Å²) in [5.74, 6) is 0.913. The monoisotopic (exact) mass is 224 g/mol. The van der Waals surface area contributed by atoms with Crippen LogP contribution in [0, 0.1) is 6.92 Å². The van der Waals surface area contributed by atoms with Crippen LogP contribution in [-0.4, -0.2) is 15.1 Å². The third-order valence-corrected chi connectivity index (χ3v) is 2.61. The lowest BCUT2D eigenvalue weighted by atomic mass is 10.1. The molecule has 2 aromatic rings. The second-order valence-electron chi connectivity index (χ2n) is 3.90. The molecule has 0 fully saturated rings. The second kappa shape index (κ2) is 3.39. The molecular weight excluding hydrogens is 212 g/mol. The highest BCUT2D eigenvalue weighted by molar-refractivity contribution is 7.09. The summed E-state index contributed by atoms with van der Waals surface area (Å²) in [6, 6.07) is 0. The van der Waals surface area contributed by atoms with Crippen LogP contribution in [0.25, 0.3) is 11.6 Å². The van der Waals surface area contributed by atoms with E-state index in [2.05, 4.69) is 15.1 Å². The van der Waals surface area contributed by atoms with Crippen LogP contribution >= 0.6 is 11.3 Å². The van der Waals surface area contributed by atoms with Gasteiger partial charge in [0.15, 0.2) is 5.82 Å². The number of rotatable bonds is 2. The van der Waals surface area contributed by atoms with Gasteiger partial charge in [-0.2, -0.15) is 4.98 Å². The topological polar surface area (TPSA) is 77.8 Å². The Morgan fingerprint density at radius 2 is 2.13 bits per heavy atom. The first kappa shape index (κ1) is 10.3. The van der Waals surface area contributed by atoms with Gasteiger partial charge >= 0.3 is 0 Å². The first-order valence-corrected chi connectivity index (χ1v) is 5.40. The summed E-state index contributed by atoms with van der Waals surface area (Å²) in [5.41, 5.74) is 5.97. The van der Waals surface area contributed by atoms with Crippen LogP contribution in [0.5, 0.6) is 0 Å². The molecule has 2 rings (SSSR count). The van der Waals surface area contributed by atoms with Crippen molar-refractivity contribution in [2.45, 2.75) is 26.3 Å². The van der Waals surface area contributed by atoms with E-state index in [1.807, 2.05) is 26.2 Å². The molecule has 0 aliphatic rings. The largest absolute Gasteiger partial charge is 0.332 e. The minimum atomic E-state index is -0.590. The van der Waals surface area contributed by atoms with E-state index in [0.717, 1.165) is 5.01 Å². The quantitative estimate of drug-likeness (QED) is 0.840. The van der Waals surface area contributed by atoms with Gasteiger partial charge in [-0.3, -0.25) is 0 Å². The van der Waals surface area contributed by atoms with Crippen molar-refractivity contribution >= 4 is 11.3 Å². The Kier molecular flexibility index (Phi) is 2.32. The number of hydrogen-bond donors (Lipinski definition) is 1. The van der Waals surface area contributed by atoms with Gasteiger partial charge in [-0.05, 0) is 20.8 Å². The molecule has 0 radical (unpaired) electrons. The molecule has 0 amide bonds. The average molecular weight is 224 g/mol. The summed E-state index contributed by atoms with van der Waals surface area (Å²) in [4.78, 5) is 8.46. The molecule has 2 N–H and O–H groups in total. The Hall–Kier alpha value is -1.27. The Morgan fingerprint density at radius 3 is 2.60 bits per heavy atom. The molecule has 6 heteroatoms. The predicted molar refractivity (Wildman–Crippen MR) is 57.4 cm³/mol. The molecule has 2 aromatic heterocycles. The highest BCUT2D eigenvalue weighted by Crippen LogP contribution is 2.22. The number of nitrogens with zero attached hydrogens (tertiary/aromatic N) is 3. The summed E-state index contributed by atoms with van der Waals surface area (Å²) in [6.07, 6.45) is 0. The van der Waals surface area contributed by atoms with E-state index in [1.165, 1.54) is 0 Å². The van der Waals surface area contributed by atoms with Gasteiger partial charge in [0.05, 0.1) is 10.5 Å². The first-order chi connectivity index (χ1) is 6.97. The molecule has 5 nitrogen and oxygen atoms in total. The Morgan fingerprint density at radius 1 is 1.40 bits per heavy atom. The number of hydrogen-bond acceptors (Lipinski definition) is 6. The van der Waals surface area contributed by atoms with Crippen LogP contribution in [0.1, 0.15) is 24.7 Å². The fraction of sp³-hybridized carbons (Fsp3) is 0.444. The fourth-order valence-electron chi connectivity index (χ4n) is 1.05. The van der Waals surface area contributed by atoms with Crippen LogP contribution in [-0.2, 0) is 5.54 Å². The minimum absolute atomic E-state index is 0.424. The Balaban J connectivity index is 2.36. The van der Waals surface area contributed by atoms with E-state index in [0.29, 0.717) is 17.4 Å². The maximum Gasteiger partial charge on any atom is 0.277 e. The van der Waals surface area contributed by atoms with E-state index < -0.39 is 5.54 Å². The third kappa shape index (κ3) is 2.05. The van der Waals surface area contributed by atoms with Crippen LogP contribution in [0.2, 0.25) is 0 Å². The summed E-state index contributed by atoms with van der Waals surface area (Å²) in [5, 5.41) is 6.68. The summed E-state index contributed by atoms with van der Waals surface area (Å²) < 4.78 is 5.09. The normalized spacial score (nSPS) is 12.0. The van der Waals surface area contributed by atoms with Crippen LogP contribution in [0.15, 0.2) is 9.90 Å². The zero-order chi connectivity index (χ0) is 11.1. The molecule has 0 aromatic carbocycles. The number of aryl methyl sites for hydroxylation is 1. The maximum absolute atomic E-state index is 5.85. The zero-order valence-electron chi connectivity index (χ0n) is 8.81. The van der Waals surface area contributed by atoms with Crippen molar-refractivity contribution in [3.8, 4) is 11.6 Å². The zero-order valence-corrected chi connectivity index (χ0v) is 9.63. The molecule has 0 saturated carbocycles. The van der Waals surface area contributed by atoms with Crippen molar-refractivity contribution in [2.24, 2.45) is 5.73 Å². The average Bonchev–Trinajstić information content (AvgIpc) is 2.69. The molecule has 15 heavy (non-hydrogen) atoms. The lowest BCUT2D eigenvalue weighted by Crippen LogP contribution is -2.30. The smallest absolute Gasteiger partial charge is 0.277 e. The highest BCUT2D eigenvalue weighted by Gasteiger charge is 2.22. The highest BCUT2D eigenvalue weighted by atomic mass is 32.1. The van der Waals surface area contributed by atoms with Gasteiger partial charge in [0.1, 0.15) is 5.69 Å². The minimum Gasteiger partial charge on any atom is -0.332 e. The van der Waals surface area contributed by atoms with Gasteiger partial charge in [0.25, 0.3) is 5.89 Å². The number of aromatic nitrogens is 3. The summed E-state index contributed by atoms with van der Waals surface area (Å²) in [6.45, 7) is 5.58. The van der Waals surface area contributed by atoms with E-state index >= 15 is 0 Å². The van der Waals surface area contributed by atoms with Gasteiger partial charge in [-0.15, -0.1) is 11.3 Å². The molecule has 0 saturated heterocycles. The molecule has 0 aliphatic carbocycles. The molecule has 2 heterocycles. The first-order valence-electron chi connectivity index (χ1n) is 4.52. The van der Waals surface area contributed by atoms with Gasteiger partial charge in [0.2, 0.25) is 0 Å². The van der Waals surface area contributed by atoms with Crippen molar-refractivity contribution < 1.29 is 4.52 Å². The molecule has 0 bridgehead atoms. The molecule has 0 spiro atoms. The van der Waals surface area contributed by atoms with Crippen molar-refractivity contribution in [3.63, 3.8) is 0 Å². The number of nitrogens with two attached hydrogens (primary N) is 1. The van der Waals surface area contributed by atoms with Crippen LogP contribution in [0.4, 0.5) is 0 Å². The van der Waals surface area contributed by atoms with E-state index in [1.54, 1.807) is 11.3 Å². The molecule has 0 aliphatic heterocycles. The second-order valence-corrected chi connectivity index (χ2v) is 4.96. The van der Waals surface area contributed by atoms with E-state index in [4.69, 9.17) is 10.3 Å². The summed E-state index contributed by atoms with van der Waals surface area (Å²) >= 11 is 1.55. The van der Waals surface area contributed by atoms with Crippen molar-refractivity contribution in [1.82, 2.24) is 15.1 Å². The van der Waals surface area contributed by atoms with Gasteiger partial charge in [-0.1, -0.05) is 5.16 Å². The predicted octanol–water partition coefficient (Wildman–Crippen LogP) is 1.70. The Labute approximate surface area is 91.3 Å². The SMILES string of the molecule is Cc1nc(-c2nc(C(C)(C)N)no2)cs1. The molecular formula is C9H12N4OS. The van der Waals surface area contributed by atoms with Crippen molar-refractivity contribution in [2.75, 3.05) is 0 Å². The molecule has 80 valence electrons. The standard InChI is InChI=1S/C9H12N4OS/c1-5-11-6(4-15-5)7-12-8(13-14-7)9(2,3)10/h4H,10H2,1-3H3. The number of thiazole rings is 1. The van der Waals surface area contributed by atoms with Crippen LogP contribution < -0.4 is 5.73 Å². The lowest BCUT2D eigenvalue weighted by Gasteiger charge is -2.11. The molecule has 0 atom stereocenters. The maximum atomic E-state index is 5.85. The van der Waals surface area contributed by atoms with Crippen molar-refractivity contribution in [3.05, 3.63) is 16.2 Å². The Bertz CT molecular complexity index is 468. The van der Waals surface area contributed by atoms with Gasteiger partial charge < -0.3 is 10.3 Å². The van der Waals surface area contributed by atoms with E-state index in [9.17, 15) is 0 Å². The fourth-order valence-corrected chi connectivity index (χ4v) is 1.64. The van der Waals surface area contributed by atoms with Gasteiger partial charge in [0, 0.05) is 5.38 Å². The summed E-state index contributed by atoms with van der Waals surface area (Å²) in [7, 11) is 0.